The average molecular weight is 246 g/mol. The second-order valence-corrected chi connectivity index (χ2v) is 7.82. The Bertz CT molecular complexity index is 351. The van der Waals surface area contributed by atoms with Crippen molar-refractivity contribution in [1.29, 1.82) is 0 Å². The van der Waals surface area contributed by atoms with Crippen LogP contribution in [0.4, 0.5) is 0 Å². The molecule has 2 fully saturated rings. The Labute approximate surface area is 98.3 Å². The molecular formula is C11H22N2O2S. The third-order valence-corrected chi connectivity index (χ3v) is 5.49. The molecule has 0 amide bonds. The van der Waals surface area contributed by atoms with E-state index in [1.807, 2.05) is 0 Å². The summed E-state index contributed by atoms with van der Waals surface area (Å²) in [6, 6.07) is 0.236. The normalized spacial score (nSPS) is 34.8. The lowest BCUT2D eigenvalue weighted by atomic mass is 10.00. The van der Waals surface area contributed by atoms with Crippen molar-refractivity contribution in [3.63, 3.8) is 0 Å². The van der Waals surface area contributed by atoms with Crippen LogP contribution >= 0.6 is 0 Å². The van der Waals surface area contributed by atoms with Crippen molar-refractivity contribution in [2.75, 3.05) is 31.1 Å². The predicted molar refractivity (Wildman–Crippen MR) is 65.3 cm³/mol. The van der Waals surface area contributed by atoms with Gasteiger partial charge in [0.1, 0.15) is 0 Å². The molecule has 5 heteroatoms. The lowest BCUT2D eigenvalue weighted by Gasteiger charge is -2.40. The van der Waals surface area contributed by atoms with Gasteiger partial charge >= 0.3 is 0 Å². The maximum atomic E-state index is 11.5. The highest BCUT2D eigenvalue weighted by molar-refractivity contribution is 7.91. The molecule has 16 heavy (non-hydrogen) atoms. The molecule has 0 spiro atoms. The molecule has 0 radical (unpaired) electrons. The Morgan fingerprint density at radius 2 is 2.12 bits per heavy atom. The third-order valence-electron chi connectivity index (χ3n) is 3.74. The molecule has 0 aromatic rings. The predicted octanol–water partition coefficient (Wildman–Crippen LogP) is 0.247. The molecule has 0 aromatic carbocycles. The van der Waals surface area contributed by atoms with Crippen molar-refractivity contribution < 1.29 is 8.42 Å². The molecule has 2 heterocycles. The molecule has 0 aromatic heterocycles. The Kier molecular flexibility index (Phi) is 3.29. The maximum Gasteiger partial charge on any atom is 0.151 e. The van der Waals surface area contributed by atoms with Gasteiger partial charge in [-0.05, 0) is 33.2 Å². The van der Waals surface area contributed by atoms with Crippen molar-refractivity contribution >= 4 is 9.84 Å². The van der Waals surface area contributed by atoms with Crippen LogP contribution in [-0.2, 0) is 9.84 Å². The first kappa shape index (κ1) is 12.3. The highest BCUT2D eigenvalue weighted by Crippen LogP contribution is 2.26. The average Bonchev–Trinajstić information content (AvgIpc) is 2.40. The van der Waals surface area contributed by atoms with Gasteiger partial charge in [0.15, 0.2) is 9.84 Å². The quantitative estimate of drug-likeness (QED) is 0.720. The zero-order valence-corrected chi connectivity index (χ0v) is 11.0. The van der Waals surface area contributed by atoms with E-state index in [0.717, 1.165) is 32.5 Å². The van der Waals surface area contributed by atoms with E-state index in [-0.39, 0.29) is 11.6 Å². The smallest absolute Gasteiger partial charge is 0.151 e. The second-order valence-electron chi connectivity index (χ2n) is 5.59. The molecule has 2 aliphatic rings. The van der Waals surface area contributed by atoms with Gasteiger partial charge in [-0.2, -0.15) is 0 Å². The van der Waals surface area contributed by atoms with Crippen molar-refractivity contribution in [2.45, 2.75) is 38.3 Å². The van der Waals surface area contributed by atoms with Crippen LogP contribution in [0.5, 0.6) is 0 Å². The third kappa shape index (κ3) is 2.57. The largest absolute Gasteiger partial charge is 0.315 e. The van der Waals surface area contributed by atoms with Crippen molar-refractivity contribution in [1.82, 2.24) is 10.2 Å². The minimum atomic E-state index is -2.77. The first-order valence-electron chi connectivity index (χ1n) is 6.09. The van der Waals surface area contributed by atoms with Crippen LogP contribution in [0, 0.1) is 0 Å². The molecule has 4 nitrogen and oxygen atoms in total. The fraction of sp³-hybridized carbons (Fsp3) is 1.00. The summed E-state index contributed by atoms with van der Waals surface area (Å²) in [4.78, 5) is 2.40. The zero-order chi connectivity index (χ0) is 11.8. The molecule has 2 saturated heterocycles. The van der Waals surface area contributed by atoms with Gasteiger partial charge in [0.2, 0.25) is 0 Å². The summed E-state index contributed by atoms with van der Waals surface area (Å²) in [5.41, 5.74) is 0.0705. The summed E-state index contributed by atoms with van der Waals surface area (Å²) in [5.74, 6) is 0.730. The molecule has 0 bridgehead atoms. The minimum Gasteiger partial charge on any atom is -0.315 e. The Morgan fingerprint density at radius 3 is 2.75 bits per heavy atom. The van der Waals surface area contributed by atoms with Crippen molar-refractivity contribution in [3.8, 4) is 0 Å². The SMILES string of the molecule is CC1(C)CNCCCN1C1CCS(=O)(=O)C1. The van der Waals surface area contributed by atoms with E-state index in [1.54, 1.807) is 0 Å². The van der Waals surface area contributed by atoms with E-state index in [0.29, 0.717) is 11.5 Å². The van der Waals surface area contributed by atoms with Crippen molar-refractivity contribution in [2.24, 2.45) is 0 Å². The van der Waals surface area contributed by atoms with Crippen LogP contribution in [0.1, 0.15) is 26.7 Å². The molecule has 1 unspecified atom stereocenters. The van der Waals surface area contributed by atoms with E-state index in [4.69, 9.17) is 0 Å². The summed E-state index contributed by atoms with van der Waals surface area (Å²) in [6.07, 6.45) is 1.92. The second kappa shape index (κ2) is 4.27. The van der Waals surface area contributed by atoms with Crippen LogP contribution in [0.15, 0.2) is 0 Å². The summed E-state index contributed by atoms with van der Waals surface area (Å²) in [6.45, 7) is 7.41. The number of rotatable bonds is 1. The van der Waals surface area contributed by atoms with E-state index >= 15 is 0 Å². The minimum absolute atomic E-state index is 0.0705. The molecule has 2 rings (SSSR count). The van der Waals surface area contributed by atoms with Crippen molar-refractivity contribution in [3.05, 3.63) is 0 Å². The topological polar surface area (TPSA) is 49.4 Å². The highest BCUT2D eigenvalue weighted by atomic mass is 32.2. The highest BCUT2D eigenvalue weighted by Gasteiger charge is 2.39. The Balaban J connectivity index is 2.12. The van der Waals surface area contributed by atoms with Gasteiger partial charge in [-0.1, -0.05) is 0 Å². The molecule has 2 aliphatic heterocycles. The first-order valence-corrected chi connectivity index (χ1v) is 7.91. The number of nitrogens with one attached hydrogen (secondary N) is 1. The van der Waals surface area contributed by atoms with Gasteiger partial charge in [-0.25, -0.2) is 8.42 Å². The monoisotopic (exact) mass is 246 g/mol. The summed E-state index contributed by atoms with van der Waals surface area (Å²) in [5, 5.41) is 3.42. The van der Waals surface area contributed by atoms with Gasteiger partial charge in [-0.3, -0.25) is 4.90 Å². The fourth-order valence-electron chi connectivity index (χ4n) is 2.87. The zero-order valence-electron chi connectivity index (χ0n) is 10.2. The van der Waals surface area contributed by atoms with Gasteiger partial charge in [0, 0.05) is 24.7 Å². The van der Waals surface area contributed by atoms with Gasteiger partial charge < -0.3 is 5.32 Å². The molecule has 1 N–H and O–H groups in total. The summed E-state index contributed by atoms with van der Waals surface area (Å²) < 4.78 is 23.1. The maximum absolute atomic E-state index is 11.5. The van der Waals surface area contributed by atoms with E-state index in [1.165, 1.54) is 0 Å². The number of hydrogen-bond donors (Lipinski definition) is 1. The van der Waals surface area contributed by atoms with Crippen LogP contribution < -0.4 is 5.32 Å². The van der Waals surface area contributed by atoms with Gasteiger partial charge in [0.25, 0.3) is 0 Å². The molecule has 0 aliphatic carbocycles. The fourth-order valence-corrected chi connectivity index (χ4v) is 4.60. The standard InChI is InChI=1S/C11H22N2O2S/c1-11(2)9-12-5-3-6-13(11)10-4-7-16(14,15)8-10/h10,12H,3-9H2,1-2H3. The lowest BCUT2D eigenvalue weighted by molar-refractivity contribution is 0.0913. The summed E-state index contributed by atoms with van der Waals surface area (Å²) in [7, 11) is -2.77. The van der Waals surface area contributed by atoms with E-state index in [2.05, 4.69) is 24.1 Å². The van der Waals surface area contributed by atoms with Crippen LogP contribution in [0.2, 0.25) is 0 Å². The van der Waals surface area contributed by atoms with Crippen LogP contribution in [0.25, 0.3) is 0 Å². The Morgan fingerprint density at radius 1 is 1.38 bits per heavy atom. The Hall–Kier alpha value is -0.130. The molecular weight excluding hydrogens is 224 g/mol. The number of sulfone groups is 1. The first-order chi connectivity index (χ1) is 7.41. The molecule has 0 saturated carbocycles. The van der Waals surface area contributed by atoms with Gasteiger partial charge in [0.05, 0.1) is 11.5 Å². The van der Waals surface area contributed by atoms with E-state index in [9.17, 15) is 8.42 Å². The van der Waals surface area contributed by atoms with Crippen LogP contribution in [-0.4, -0.2) is 56.0 Å². The molecule has 1 atom stereocenters. The lowest BCUT2D eigenvalue weighted by Crippen LogP contribution is -2.53. The van der Waals surface area contributed by atoms with Crippen LogP contribution in [0.3, 0.4) is 0 Å². The number of hydrogen-bond acceptors (Lipinski definition) is 4. The molecule has 94 valence electrons. The summed E-state index contributed by atoms with van der Waals surface area (Å²) >= 11 is 0. The van der Waals surface area contributed by atoms with E-state index < -0.39 is 9.84 Å². The van der Waals surface area contributed by atoms with Gasteiger partial charge in [-0.15, -0.1) is 0 Å². The number of nitrogens with zero attached hydrogens (tertiary/aromatic N) is 1.